The van der Waals surface area contributed by atoms with Crippen LogP contribution in [0.3, 0.4) is 0 Å². The molecule has 1 atom stereocenters. The zero-order valence-corrected chi connectivity index (χ0v) is 9.77. The summed E-state index contributed by atoms with van der Waals surface area (Å²) in [5, 5.41) is 11.4. The largest absolute Gasteiger partial charge is 0.388 e. The first-order chi connectivity index (χ1) is 7.09. The van der Waals surface area contributed by atoms with Crippen molar-refractivity contribution in [1.82, 2.24) is 0 Å². The van der Waals surface area contributed by atoms with Crippen LogP contribution in [-0.4, -0.2) is 5.11 Å². The van der Waals surface area contributed by atoms with Gasteiger partial charge in [0.25, 0.3) is 0 Å². The minimum absolute atomic E-state index is 0.119. The molecule has 0 saturated carbocycles. The summed E-state index contributed by atoms with van der Waals surface area (Å²) in [5.41, 5.74) is 1.49. The van der Waals surface area contributed by atoms with E-state index in [4.69, 9.17) is 0 Å². The van der Waals surface area contributed by atoms with Crippen LogP contribution in [0.2, 0.25) is 0 Å². The smallest absolute Gasteiger partial charge is 0.0893 e. The molecule has 2 heteroatoms. The third kappa shape index (κ3) is 1.18. The van der Waals surface area contributed by atoms with Crippen LogP contribution in [0, 0.1) is 0 Å². The molecule has 1 N–H and O–H groups in total. The van der Waals surface area contributed by atoms with Gasteiger partial charge in [-0.1, -0.05) is 32.0 Å². The first kappa shape index (κ1) is 9.37. The second kappa shape index (κ2) is 2.83. The highest BCUT2D eigenvalue weighted by molar-refractivity contribution is 7.19. The minimum atomic E-state index is -0.257. The highest BCUT2D eigenvalue weighted by Gasteiger charge is 2.38. The maximum Gasteiger partial charge on any atom is 0.0893 e. The molecule has 1 heterocycles. The summed E-state index contributed by atoms with van der Waals surface area (Å²) in [6, 6.07) is 8.45. The van der Waals surface area contributed by atoms with E-state index in [1.165, 1.54) is 20.5 Å². The lowest BCUT2D eigenvalue weighted by Crippen LogP contribution is -2.12. The molecule has 1 aliphatic rings. The number of benzene rings is 1. The van der Waals surface area contributed by atoms with E-state index in [1.807, 2.05) is 0 Å². The molecule has 0 bridgehead atoms. The summed E-state index contributed by atoms with van der Waals surface area (Å²) in [5.74, 6) is 0. The van der Waals surface area contributed by atoms with Crippen molar-refractivity contribution in [2.45, 2.75) is 31.8 Å². The summed E-state index contributed by atoms with van der Waals surface area (Å²) in [6.07, 6.45) is 0.603. The van der Waals surface area contributed by atoms with Crippen LogP contribution in [0.15, 0.2) is 24.3 Å². The van der Waals surface area contributed by atoms with Gasteiger partial charge < -0.3 is 5.11 Å². The SMILES string of the molecule is CC1(C)CC(O)c2sc3ccccc3c21. The van der Waals surface area contributed by atoms with Crippen molar-refractivity contribution in [3.8, 4) is 0 Å². The zero-order chi connectivity index (χ0) is 10.6. The Morgan fingerprint density at radius 3 is 2.87 bits per heavy atom. The van der Waals surface area contributed by atoms with Gasteiger partial charge in [0.05, 0.1) is 6.10 Å². The Balaban J connectivity index is 2.40. The Morgan fingerprint density at radius 2 is 2.07 bits per heavy atom. The summed E-state index contributed by atoms with van der Waals surface area (Å²) >= 11 is 1.75. The fourth-order valence-corrected chi connectivity index (χ4v) is 4.05. The normalized spacial score (nSPS) is 23.3. The fraction of sp³-hybridized carbons (Fsp3) is 0.385. The van der Waals surface area contributed by atoms with Gasteiger partial charge in [0.15, 0.2) is 0 Å². The van der Waals surface area contributed by atoms with Gasteiger partial charge in [-0.05, 0) is 28.9 Å². The van der Waals surface area contributed by atoms with Gasteiger partial charge in [-0.2, -0.15) is 0 Å². The van der Waals surface area contributed by atoms with Gasteiger partial charge in [-0.3, -0.25) is 0 Å². The minimum Gasteiger partial charge on any atom is -0.388 e. The topological polar surface area (TPSA) is 20.2 Å². The molecule has 0 saturated heterocycles. The molecule has 0 amide bonds. The van der Waals surface area contributed by atoms with Crippen LogP contribution in [0.5, 0.6) is 0 Å². The van der Waals surface area contributed by atoms with Crippen molar-refractivity contribution in [3.05, 3.63) is 34.7 Å². The van der Waals surface area contributed by atoms with Crippen molar-refractivity contribution in [1.29, 1.82) is 0 Å². The third-order valence-corrected chi connectivity index (χ3v) is 4.58. The Hall–Kier alpha value is -0.860. The molecule has 0 aliphatic heterocycles. The van der Waals surface area contributed by atoms with Crippen LogP contribution in [-0.2, 0) is 5.41 Å². The molecule has 1 aromatic carbocycles. The average molecular weight is 218 g/mol. The summed E-state index contributed by atoms with van der Waals surface area (Å²) in [4.78, 5) is 1.18. The Labute approximate surface area is 93.4 Å². The Kier molecular flexibility index (Phi) is 1.77. The van der Waals surface area contributed by atoms with Crippen LogP contribution in [0.1, 0.15) is 36.8 Å². The maximum atomic E-state index is 10.0. The van der Waals surface area contributed by atoms with Crippen molar-refractivity contribution in [2.75, 3.05) is 0 Å². The molecule has 0 radical (unpaired) electrons. The number of thiophene rings is 1. The highest BCUT2D eigenvalue weighted by atomic mass is 32.1. The molecule has 0 spiro atoms. The quantitative estimate of drug-likeness (QED) is 0.716. The summed E-state index contributed by atoms with van der Waals surface area (Å²) in [7, 11) is 0. The number of hydrogen-bond donors (Lipinski definition) is 1. The van der Waals surface area contributed by atoms with Gasteiger partial charge in [-0.15, -0.1) is 11.3 Å². The van der Waals surface area contributed by atoms with E-state index in [0.29, 0.717) is 0 Å². The van der Waals surface area contributed by atoms with E-state index in [9.17, 15) is 5.11 Å². The molecule has 1 nitrogen and oxygen atoms in total. The fourth-order valence-electron chi connectivity index (χ4n) is 2.68. The third-order valence-electron chi connectivity index (χ3n) is 3.31. The standard InChI is InChI=1S/C13H14OS/c1-13(2)7-9(14)12-11(13)8-5-3-4-6-10(8)15-12/h3-6,9,14H,7H2,1-2H3. The number of hydrogen-bond acceptors (Lipinski definition) is 2. The summed E-state index contributed by atoms with van der Waals surface area (Å²) < 4.78 is 1.30. The van der Waals surface area contributed by atoms with E-state index >= 15 is 0 Å². The van der Waals surface area contributed by atoms with Crippen LogP contribution < -0.4 is 0 Å². The van der Waals surface area contributed by atoms with Crippen LogP contribution >= 0.6 is 11.3 Å². The molecule has 0 fully saturated rings. The van der Waals surface area contributed by atoms with Crippen molar-refractivity contribution >= 4 is 21.4 Å². The Morgan fingerprint density at radius 1 is 1.33 bits per heavy atom. The lowest BCUT2D eigenvalue weighted by atomic mass is 9.85. The van der Waals surface area contributed by atoms with Gasteiger partial charge >= 0.3 is 0 Å². The van der Waals surface area contributed by atoms with Gasteiger partial charge in [-0.25, -0.2) is 0 Å². The number of aliphatic hydroxyl groups is 1. The molecular formula is C13H14OS. The number of aliphatic hydroxyl groups excluding tert-OH is 1. The van der Waals surface area contributed by atoms with Crippen molar-refractivity contribution in [3.63, 3.8) is 0 Å². The second-order valence-electron chi connectivity index (χ2n) is 4.94. The maximum absolute atomic E-state index is 10.0. The number of rotatable bonds is 0. The molecular weight excluding hydrogens is 204 g/mol. The molecule has 1 unspecified atom stereocenters. The molecule has 15 heavy (non-hydrogen) atoms. The monoisotopic (exact) mass is 218 g/mol. The molecule has 1 aliphatic carbocycles. The highest BCUT2D eigenvalue weighted by Crippen LogP contribution is 2.51. The average Bonchev–Trinajstić information content (AvgIpc) is 2.64. The Bertz CT molecular complexity index is 524. The van der Waals surface area contributed by atoms with E-state index in [0.717, 1.165) is 6.42 Å². The molecule has 3 rings (SSSR count). The van der Waals surface area contributed by atoms with Crippen LogP contribution in [0.4, 0.5) is 0 Å². The summed E-state index contributed by atoms with van der Waals surface area (Å²) in [6.45, 7) is 4.45. The van der Waals surface area contributed by atoms with Crippen molar-refractivity contribution < 1.29 is 5.11 Å². The molecule has 78 valence electrons. The number of fused-ring (bicyclic) bond motifs is 3. The van der Waals surface area contributed by atoms with E-state index in [1.54, 1.807) is 11.3 Å². The van der Waals surface area contributed by atoms with Gasteiger partial charge in [0.1, 0.15) is 0 Å². The first-order valence-electron chi connectivity index (χ1n) is 5.29. The molecule has 1 aromatic heterocycles. The predicted molar refractivity (Wildman–Crippen MR) is 64.4 cm³/mol. The van der Waals surface area contributed by atoms with E-state index < -0.39 is 0 Å². The lowest BCUT2D eigenvalue weighted by Gasteiger charge is -2.18. The molecule has 2 aromatic rings. The zero-order valence-electron chi connectivity index (χ0n) is 8.95. The predicted octanol–water partition coefficient (Wildman–Crippen LogP) is 3.62. The lowest BCUT2D eigenvalue weighted by molar-refractivity contribution is 0.164. The van der Waals surface area contributed by atoms with Crippen LogP contribution in [0.25, 0.3) is 10.1 Å². The van der Waals surface area contributed by atoms with E-state index in [-0.39, 0.29) is 11.5 Å². The van der Waals surface area contributed by atoms with Gasteiger partial charge in [0.2, 0.25) is 0 Å². The second-order valence-corrected chi connectivity index (χ2v) is 6.03. The first-order valence-corrected chi connectivity index (χ1v) is 6.11. The van der Waals surface area contributed by atoms with E-state index in [2.05, 4.69) is 38.1 Å². The van der Waals surface area contributed by atoms with Gasteiger partial charge in [0, 0.05) is 9.58 Å². The van der Waals surface area contributed by atoms with Crippen molar-refractivity contribution in [2.24, 2.45) is 0 Å².